The maximum atomic E-state index is 12.2. The van der Waals surface area contributed by atoms with Crippen molar-refractivity contribution in [2.45, 2.75) is 18.8 Å². The summed E-state index contributed by atoms with van der Waals surface area (Å²) in [5.41, 5.74) is 2.87. The number of carbonyl (C=O) groups is 4. The van der Waals surface area contributed by atoms with Crippen molar-refractivity contribution in [3.05, 3.63) is 71.8 Å². The van der Waals surface area contributed by atoms with Crippen LogP contribution in [-0.4, -0.2) is 77.4 Å². The molecule has 1 aliphatic heterocycles. The van der Waals surface area contributed by atoms with Gasteiger partial charge >= 0.3 is 24.3 Å². The van der Waals surface area contributed by atoms with Crippen LogP contribution in [0.4, 0.5) is 32.0 Å². The van der Waals surface area contributed by atoms with E-state index < -0.39 is 24.3 Å². The number of carboxylic acids is 2. The number of rotatable bonds is 7. The summed E-state index contributed by atoms with van der Waals surface area (Å²) in [5, 5.41) is 26.8. The number of aliphatic carboxylic acids is 2. The van der Waals surface area contributed by atoms with Crippen molar-refractivity contribution in [2.75, 3.05) is 31.1 Å². The van der Waals surface area contributed by atoms with Gasteiger partial charge in [0, 0.05) is 31.9 Å². The first-order valence-electron chi connectivity index (χ1n) is 11.9. The molecule has 1 heterocycles. The number of alkyl halides is 6. The first-order chi connectivity index (χ1) is 19.5. The van der Waals surface area contributed by atoms with Crippen LogP contribution >= 0.6 is 0 Å². The standard InChI is InChI=1S/C23H24N2O3.2C2HF3O2/c26-20-9-5-18(6-10-20)7-11-21(27)17-22(28)12-8-19-3-1-2-4-23(19)25-15-13-24-14-16-25;2*3-2(4,5)1(6)7/h1-12,24,26H,13-17H2;2*(H,6,7)/b11-7+,12-8+;;. The molecule has 0 radical (unpaired) electrons. The van der Waals surface area contributed by atoms with Crippen molar-refractivity contribution in [1.29, 1.82) is 0 Å². The monoisotopic (exact) mass is 604 g/mol. The Kier molecular flexibility index (Phi) is 14.0. The molecule has 1 aliphatic rings. The second kappa shape index (κ2) is 16.6. The number of hydrogen-bond acceptors (Lipinski definition) is 7. The fourth-order valence-electron chi connectivity index (χ4n) is 3.07. The van der Waals surface area contributed by atoms with Gasteiger partial charge in [-0.25, -0.2) is 9.59 Å². The van der Waals surface area contributed by atoms with Crippen LogP contribution in [0.15, 0.2) is 60.7 Å². The summed E-state index contributed by atoms with van der Waals surface area (Å²) in [7, 11) is 0. The molecule has 0 amide bonds. The number of aromatic hydroxyl groups is 1. The number of phenols is 1. The molecular formula is C27H26F6N2O7. The quantitative estimate of drug-likeness (QED) is 0.206. The molecule has 0 saturated carbocycles. The molecule has 228 valence electrons. The number of benzene rings is 2. The Hall–Kier alpha value is -4.66. The second-order valence-corrected chi connectivity index (χ2v) is 8.27. The molecule has 1 fully saturated rings. The number of nitrogens with zero attached hydrogens (tertiary/aromatic N) is 1. The molecule has 0 unspecified atom stereocenters. The lowest BCUT2D eigenvalue weighted by molar-refractivity contribution is -0.193. The van der Waals surface area contributed by atoms with Gasteiger partial charge in [0.15, 0.2) is 11.6 Å². The highest BCUT2D eigenvalue weighted by Gasteiger charge is 2.38. The average Bonchev–Trinajstić information content (AvgIpc) is 2.92. The molecule has 0 aliphatic carbocycles. The molecule has 15 heteroatoms. The Morgan fingerprint density at radius 2 is 1.21 bits per heavy atom. The van der Waals surface area contributed by atoms with Crippen molar-refractivity contribution >= 4 is 41.3 Å². The molecule has 0 aromatic heterocycles. The zero-order chi connectivity index (χ0) is 31.9. The molecule has 9 nitrogen and oxygen atoms in total. The van der Waals surface area contributed by atoms with Crippen molar-refractivity contribution < 1.29 is 60.8 Å². The smallest absolute Gasteiger partial charge is 0.490 e. The number of carbonyl (C=O) groups excluding carboxylic acids is 2. The topological polar surface area (TPSA) is 144 Å². The number of hydrogen-bond donors (Lipinski definition) is 4. The van der Waals surface area contributed by atoms with Crippen LogP contribution in [0.1, 0.15) is 17.5 Å². The first-order valence-corrected chi connectivity index (χ1v) is 11.9. The van der Waals surface area contributed by atoms with Crippen LogP contribution in [0.25, 0.3) is 12.2 Å². The van der Waals surface area contributed by atoms with Gasteiger partial charge in [0.05, 0.1) is 6.42 Å². The van der Waals surface area contributed by atoms with Gasteiger partial charge in [0.2, 0.25) is 0 Å². The normalized spacial score (nSPS) is 13.5. The zero-order valence-corrected chi connectivity index (χ0v) is 21.7. The Morgan fingerprint density at radius 1 is 0.762 bits per heavy atom. The Labute approximate surface area is 235 Å². The predicted molar refractivity (Wildman–Crippen MR) is 140 cm³/mol. The SMILES string of the molecule is O=C(/C=C/c1ccc(O)cc1)CC(=O)/C=C/c1ccccc1N1CCNCC1.O=C(O)C(F)(F)F.O=C(O)C(F)(F)F. The summed E-state index contributed by atoms with van der Waals surface area (Å²) < 4.78 is 63.5. The number of nitrogens with one attached hydrogen (secondary N) is 1. The molecular weight excluding hydrogens is 578 g/mol. The van der Waals surface area contributed by atoms with Crippen LogP contribution in [-0.2, 0) is 19.2 Å². The summed E-state index contributed by atoms with van der Waals surface area (Å²) in [6.07, 6.45) is -4.03. The number of allylic oxidation sites excluding steroid dienone is 2. The number of anilines is 1. The summed E-state index contributed by atoms with van der Waals surface area (Å²) in [5.74, 6) is -5.82. The van der Waals surface area contributed by atoms with Crippen molar-refractivity contribution in [2.24, 2.45) is 0 Å². The van der Waals surface area contributed by atoms with Gasteiger partial charge < -0.3 is 25.5 Å². The lowest BCUT2D eigenvalue weighted by Gasteiger charge is -2.30. The number of phenolic OH excluding ortho intramolecular Hbond substituents is 1. The minimum atomic E-state index is -5.08. The maximum Gasteiger partial charge on any atom is 0.490 e. The Morgan fingerprint density at radius 3 is 1.69 bits per heavy atom. The molecule has 0 spiro atoms. The average molecular weight is 605 g/mol. The van der Waals surface area contributed by atoms with Gasteiger partial charge in [0.1, 0.15) is 5.75 Å². The lowest BCUT2D eigenvalue weighted by atomic mass is 10.1. The molecule has 4 N–H and O–H groups in total. The highest BCUT2D eigenvalue weighted by atomic mass is 19.4. The molecule has 0 bridgehead atoms. The van der Waals surface area contributed by atoms with E-state index in [2.05, 4.69) is 16.3 Å². The predicted octanol–water partition coefficient (Wildman–Crippen LogP) is 4.32. The number of carboxylic acid groups (broad SMARTS) is 2. The third-order valence-corrected chi connectivity index (χ3v) is 5.03. The van der Waals surface area contributed by atoms with E-state index in [1.165, 1.54) is 12.2 Å². The van der Waals surface area contributed by atoms with Crippen LogP contribution in [0.5, 0.6) is 5.75 Å². The first kappa shape index (κ1) is 35.4. The summed E-state index contributed by atoms with van der Waals surface area (Å²) in [4.78, 5) is 44.3. The summed E-state index contributed by atoms with van der Waals surface area (Å²) in [6.45, 7) is 3.75. The third-order valence-electron chi connectivity index (χ3n) is 5.03. The number of ketones is 2. The number of para-hydroxylation sites is 1. The Balaban J connectivity index is 0.000000522. The van der Waals surface area contributed by atoms with Crippen LogP contribution in [0, 0.1) is 0 Å². The molecule has 42 heavy (non-hydrogen) atoms. The van der Waals surface area contributed by atoms with Gasteiger partial charge in [-0.3, -0.25) is 9.59 Å². The van der Waals surface area contributed by atoms with E-state index in [4.69, 9.17) is 19.8 Å². The second-order valence-electron chi connectivity index (χ2n) is 8.27. The number of halogens is 6. The minimum Gasteiger partial charge on any atom is -0.508 e. The van der Waals surface area contributed by atoms with E-state index in [1.807, 2.05) is 18.2 Å². The Bertz CT molecular complexity index is 1240. The molecule has 0 atom stereocenters. The summed E-state index contributed by atoms with van der Waals surface area (Å²) >= 11 is 0. The van der Waals surface area contributed by atoms with Crippen LogP contribution < -0.4 is 10.2 Å². The van der Waals surface area contributed by atoms with Gasteiger partial charge in [-0.2, -0.15) is 26.3 Å². The van der Waals surface area contributed by atoms with Crippen molar-refractivity contribution in [3.63, 3.8) is 0 Å². The summed E-state index contributed by atoms with van der Waals surface area (Å²) in [6, 6.07) is 14.5. The lowest BCUT2D eigenvalue weighted by Crippen LogP contribution is -2.43. The fraction of sp³-hybridized carbons (Fsp3) is 0.259. The molecule has 3 rings (SSSR count). The van der Waals surface area contributed by atoms with Gasteiger partial charge in [-0.05, 0) is 47.6 Å². The minimum absolute atomic E-state index is 0.166. The van der Waals surface area contributed by atoms with Gasteiger partial charge in [-0.1, -0.05) is 36.4 Å². The van der Waals surface area contributed by atoms with E-state index in [0.717, 1.165) is 43.0 Å². The molecule has 2 aromatic rings. The van der Waals surface area contributed by atoms with Crippen LogP contribution in [0.2, 0.25) is 0 Å². The van der Waals surface area contributed by atoms with E-state index in [1.54, 1.807) is 36.4 Å². The van der Waals surface area contributed by atoms with Crippen LogP contribution in [0.3, 0.4) is 0 Å². The third kappa shape index (κ3) is 14.1. The zero-order valence-electron chi connectivity index (χ0n) is 21.7. The molecule has 2 aromatic carbocycles. The number of piperazine rings is 1. The maximum absolute atomic E-state index is 12.2. The molecule has 1 saturated heterocycles. The van der Waals surface area contributed by atoms with E-state index in [-0.39, 0.29) is 23.7 Å². The largest absolute Gasteiger partial charge is 0.508 e. The highest BCUT2D eigenvalue weighted by molar-refractivity contribution is 6.11. The van der Waals surface area contributed by atoms with Crippen molar-refractivity contribution in [1.82, 2.24) is 5.32 Å². The van der Waals surface area contributed by atoms with E-state index in [0.29, 0.717) is 0 Å². The van der Waals surface area contributed by atoms with Crippen molar-refractivity contribution in [3.8, 4) is 5.75 Å². The highest BCUT2D eigenvalue weighted by Crippen LogP contribution is 2.22. The van der Waals surface area contributed by atoms with Gasteiger partial charge in [-0.15, -0.1) is 0 Å². The van der Waals surface area contributed by atoms with E-state index in [9.17, 15) is 41.0 Å². The van der Waals surface area contributed by atoms with Gasteiger partial charge in [0.25, 0.3) is 0 Å². The fourth-order valence-corrected chi connectivity index (χ4v) is 3.07. The van der Waals surface area contributed by atoms with E-state index >= 15 is 0 Å².